The molecule has 0 saturated carbocycles. The maximum Gasteiger partial charge on any atom is 0.0501 e. The molecule has 0 aliphatic carbocycles. The topological polar surface area (TPSA) is 42.1 Å². The Morgan fingerprint density at radius 2 is 2.17 bits per heavy atom. The molecule has 3 nitrogen and oxygen atoms in total. The first-order valence-corrected chi connectivity index (χ1v) is 4.03. The monoisotopic (exact) mass is 165 g/mol. The Morgan fingerprint density at radius 3 is 2.67 bits per heavy atom. The van der Waals surface area contributed by atoms with Crippen LogP contribution in [0.4, 0.5) is 5.69 Å². The molecule has 0 aliphatic rings. The van der Waals surface area contributed by atoms with Crippen molar-refractivity contribution in [3.63, 3.8) is 0 Å². The van der Waals surface area contributed by atoms with Gasteiger partial charge in [0.05, 0.1) is 11.9 Å². The molecule has 2 N–H and O–H groups in total. The van der Waals surface area contributed by atoms with Crippen molar-refractivity contribution in [2.75, 3.05) is 26.4 Å². The smallest absolute Gasteiger partial charge is 0.0501 e. The van der Waals surface area contributed by atoms with Gasteiger partial charge in [-0.25, -0.2) is 0 Å². The third kappa shape index (κ3) is 2.88. The molecule has 1 rings (SSSR count). The van der Waals surface area contributed by atoms with E-state index in [-0.39, 0.29) is 0 Å². The summed E-state index contributed by atoms with van der Waals surface area (Å²) in [6, 6.07) is 3.86. The molecular weight excluding hydrogens is 150 g/mol. The lowest BCUT2D eigenvalue weighted by Crippen LogP contribution is -2.15. The summed E-state index contributed by atoms with van der Waals surface area (Å²) in [7, 11) is 4.11. The molecule has 0 radical (unpaired) electrons. The van der Waals surface area contributed by atoms with Crippen molar-refractivity contribution in [2.24, 2.45) is 0 Å². The predicted molar refractivity (Wildman–Crippen MR) is 50.9 cm³/mol. The molecule has 1 aromatic heterocycles. The summed E-state index contributed by atoms with van der Waals surface area (Å²) in [5.41, 5.74) is 7.33. The van der Waals surface area contributed by atoms with Gasteiger partial charge in [-0.05, 0) is 26.2 Å². The van der Waals surface area contributed by atoms with E-state index in [0.717, 1.165) is 24.3 Å². The molecule has 0 amide bonds. The largest absolute Gasteiger partial charge is 0.397 e. The van der Waals surface area contributed by atoms with Gasteiger partial charge in [-0.3, -0.25) is 4.98 Å². The molecule has 0 spiro atoms. The highest BCUT2D eigenvalue weighted by Crippen LogP contribution is 2.01. The number of nitrogens with zero attached hydrogens (tertiary/aromatic N) is 2. The van der Waals surface area contributed by atoms with Crippen LogP contribution in [0.15, 0.2) is 18.3 Å². The summed E-state index contributed by atoms with van der Waals surface area (Å²) in [6.45, 7) is 1.02. The van der Waals surface area contributed by atoms with Crippen molar-refractivity contribution in [1.82, 2.24) is 9.88 Å². The van der Waals surface area contributed by atoms with Crippen LogP contribution in [0.1, 0.15) is 5.69 Å². The molecule has 66 valence electrons. The van der Waals surface area contributed by atoms with E-state index in [1.807, 2.05) is 12.1 Å². The van der Waals surface area contributed by atoms with Crippen LogP contribution in [0, 0.1) is 0 Å². The number of likely N-dealkylation sites (N-methyl/N-ethyl adjacent to an activating group) is 1. The fraction of sp³-hybridized carbons (Fsp3) is 0.444. The quantitative estimate of drug-likeness (QED) is 0.719. The highest BCUT2D eigenvalue weighted by atomic mass is 15.0. The van der Waals surface area contributed by atoms with E-state index in [2.05, 4.69) is 24.0 Å². The second-order valence-electron chi connectivity index (χ2n) is 3.14. The summed E-state index contributed by atoms with van der Waals surface area (Å²) in [4.78, 5) is 6.34. The summed E-state index contributed by atoms with van der Waals surface area (Å²) in [5.74, 6) is 0. The fourth-order valence-electron chi connectivity index (χ4n) is 0.922. The Hall–Kier alpha value is -1.09. The van der Waals surface area contributed by atoms with E-state index >= 15 is 0 Å². The van der Waals surface area contributed by atoms with Gasteiger partial charge in [-0.1, -0.05) is 0 Å². The molecule has 0 saturated heterocycles. The minimum Gasteiger partial charge on any atom is -0.397 e. The summed E-state index contributed by atoms with van der Waals surface area (Å²) in [6.07, 6.45) is 2.68. The van der Waals surface area contributed by atoms with Crippen molar-refractivity contribution in [2.45, 2.75) is 6.42 Å². The number of pyridine rings is 1. The second kappa shape index (κ2) is 4.07. The van der Waals surface area contributed by atoms with Gasteiger partial charge in [0.15, 0.2) is 0 Å². The van der Waals surface area contributed by atoms with Gasteiger partial charge in [-0.2, -0.15) is 0 Å². The molecule has 0 atom stereocenters. The van der Waals surface area contributed by atoms with Gasteiger partial charge >= 0.3 is 0 Å². The number of aromatic nitrogens is 1. The van der Waals surface area contributed by atoms with Crippen molar-refractivity contribution in [3.8, 4) is 0 Å². The van der Waals surface area contributed by atoms with Crippen LogP contribution in [0.25, 0.3) is 0 Å². The normalized spacial score (nSPS) is 10.6. The van der Waals surface area contributed by atoms with Crippen molar-refractivity contribution >= 4 is 5.69 Å². The van der Waals surface area contributed by atoms with Crippen LogP contribution in [0.2, 0.25) is 0 Å². The van der Waals surface area contributed by atoms with Gasteiger partial charge in [0.1, 0.15) is 0 Å². The summed E-state index contributed by atoms with van der Waals surface area (Å²) < 4.78 is 0. The first-order chi connectivity index (χ1) is 5.68. The lowest BCUT2D eigenvalue weighted by Gasteiger charge is -2.08. The van der Waals surface area contributed by atoms with E-state index in [1.165, 1.54) is 0 Å². The van der Waals surface area contributed by atoms with Gasteiger partial charge < -0.3 is 10.6 Å². The Bertz CT molecular complexity index is 228. The zero-order valence-electron chi connectivity index (χ0n) is 7.62. The molecule has 0 bridgehead atoms. The highest BCUT2D eigenvalue weighted by Gasteiger charge is 1.95. The van der Waals surface area contributed by atoms with Crippen LogP contribution in [-0.2, 0) is 6.42 Å². The van der Waals surface area contributed by atoms with Gasteiger partial charge in [0, 0.05) is 18.7 Å². The van der Waals surface area contributed by atoms with Gasteiger partial charge in [-0.15, -0.1) is 0 Å². The molecule has 12 heavy (non-hydrogen) atoms. The van der Waals surface area contributed by atoms with Crippen molar-refractivity contribution in [3.05, 3.63) is 24.0 Å². The zero-order valence-corrected chi connectivity index (χ0v) is 7.62. The van der Waals surface area contributed by atoms with Crippen LogP contribution in [0.5, 0.6) is 0 Å². The minimum absolute atomic E-state index is 0.726. The van der Waals surface area contributed by atoms with Gasteiger partial charge in [0.2, 0.25) is 0 Å². The predicted octanol–water partition coefficient (Wildman–Crippen LogP) is 0.768. The van der Waals surface area contributed by atoms with E-state index in [9.17, 15) is 0 Å². The maximum atomic E-state index is 5.51. The third-order valence-electron chi connectivity index (χ3n) is 1.66. The van der Waals surface area contributed by atoms with E-state index in [1.54, 1.807) is 6.20 Å². The molecule has 3 heteroatoms. The van der Waals surface area contributed by atoms with Crippen LogP contribution in [0.3, 0.4) is 0 Å². The Labute approximate surface area is 73.2 Å². The van der Waals surface area contributed by atoms with Crippen LogP contribution >= 0.6 is 0 Å². The Balaban J connectivity index is 2.48. The van der Waals surface area contributed by atoms with Crippen molar-refractivity contribution < 1.29 is 0 Å². The highest BCUT2D eigenvalue weighted by molar-refractivity contribution is 5.34. The lowest BCUT2D eigenvalue weighted by molar-refractivity contribution is 0.412. The second-order valence-corrected chi connectivity index (χ2v) is 3.14. The van der Waals surface area contributed by atoms with Crippen LogP contribution < -0.4 is 5.73 Å². The molecule has 1 heterocycles. The number of nitrogens with two attached hydrogens (primary N) is 1. The first-order valence-electron chi connectivity index (χ1n) is 4.03. The Morgan fingerprint density at radius 1 is 1.42 bits per heavy atom. The number of rotatable bonds is 3. The van der Waals surface area contributed by atoms with Crippen molar-refractivity contribution in [1.29, 1.82) is 0 Å². The molecule has 0 aromatic carbocycles. The van der Waals surface area contributed by atoms with E-state index in [0.29, 0.717) is 0 Å². The molecule has 0 fully saturated rings. The van der Waals surface area contributed by atoms with E-state index in [4.69, 9.17) is 5.73 Å². The molecule has 1 aromatic rings. The number of hydrogen-bond acceptors (Lipinski definition) is 3. The molecule has 0 unspecified atom stereocenters. The Kier molecular flexibility index (Phi) is 3.05. The maximum absolute atomic E-state index is 5.51. The first kappa shape index (κ1) is 9.00. The fourth-order valence-corrected chi connectivity index (χ4v) is 0.922. The average Bonchev–Trinajstić information content (AvgIpc) is 2.03. The minimum atomic E-state index is 0.726. The number of nitrogen functional groups attached to an aromatic ring is 1. The standard InChI is InChI=1S/C9H15N3/c1-12(2)6-5-9-4-3-8(10)7-11-9/h3-4,7H,5-6,10H2,1-2H3. The SMILES string of the molecule is CN(C)CCc1ccc(N)cn1. The summed E-state index contributed by atoms with van der Waals surface area (Å²) in [5, 5.41) is 0. The third-order valence-corrected chi connectivity index (χ3v) is 1.66. The zero-order chi connectivity index (χ0) is 8.97. The molecular formula is C9H15N3. The molecule has 0 aliphatic heterocycles. The number of hydrogen-bond donors (Lipinski definition) is 1. The van der Waals surface area contributed by atoms with Crippen LogP contribution in [-0.4, -0.2) is 30.5 Å². The number of anilines is 1. The summed E-state index contributed by atoms with van der Waals surface area (Å²) >= 11 is 0. The van der Waals surface area contributed by atoms with Gasteiger partial charge in [0.25, 0.3) is 0 Å². The lowest BCUT2D eigenvalue weighted by atomic mass is 10.2. The average molecular weight is 165 g/mol. The van der Waals surface area contributed by atoms with E-state index < -0.39 is 0 Å².